The molecule has 3 nitrogen and oxygen atoms in total. The summed E-state index contributed by atoms with van der Waals surface area (Å²) in [6.07, 6.45) is 3.52. The summed E-state index contributed by atoms with van der Waals surface area (Å²) in [5.41, 5.74) is 0. The van der Waals surface area contributed by atoms with Crippen LogP contribution in [-0.2, 0) is 9.53 Å². The molecular weight excluding hydrogens is 144 g/mol. The summed E-state index contributed by atoms with van der Waals surface area (Å²) in [5.74, 6) is 0.244. The Morgan fingerprint density at radius 2 is 2.09 bits per heavy atom. The van der Waals surface area contributed by atoms with Gasteiger partial charge in [0.15, 0.2) is 0 Å². The lowest BCUT2D eigenvalue weighted by Crippen LogP contribution is -1.96. The normalized spacial score (nSPS) is 10.0. The third kappa shape index (κ3) is 9.59. The molecule has 11 heavy (non-hydrogen) atoms. The van der Waals surface area contributed by atoms with Gasteiger partial charge in [-0.3, -0.25) is 0 Å². The van der Waals surface area contributed by atoms with Gasteiger partial charge in [-0.05, 0) is 19.8 Å². The van der Waals surface area contributed by atoms with Crippen LogP contribution in [0.3, 0.4) is 0 Å². The summed E-state index contributed by atoms with van der Waals surface area (Å²) >= 11 is 0. The van der Waals surface area contributed by atoms with Crippen LogP contribution in [0.2, 0.25) is 0 Å². The summed E-state index contributed by atoms with van der Waals surface area (Å²) in [5, 5.41) is 8.23. The van der Waals surface area contributed by atoms with Crippen LogP contribution in [-0.4, -0.2) is 24.3 Å². The van der Waals surface area contributed by atoms with Crippen LogP contribution in [0.4, 0.5) is 0 Å². The highest BCUT2D eigenvalue weighted by atomic mass is 16.6. The first-order chi connectivity index (χ1) is 5.27. The maximum Gasteiger partial charge on any atom is 0.143 e. The second-order valence-electron chi connectivity index (χ2n) is 2.55. The van der Waals surface area contributed by atoms with E-state index in [4.69, 9.17) is 9.84 Å². The predicted octanol–water partition coefficient (Wildman–Crippen LogP) is 1.10. The number of Topliss-reactive ketones (excluding diaryl/α,β-unsaturated/α-hetero) is 1. The number of aliphatic hydroxyl groups is 1. The van der Waals surface area contributed by atoms with Gasteiger partial charge in [0.1, 0.15) is 12.6 Å². The molecule has 0 spiro atoms. The Morgan fingerprint density at radius 3 is 2.64 bits per heavy atom. The average Bonchev–Trinajstić information content (AvgIpc) is 1.96. The summed E-state index contributed by atoms with van der Waals surface area (Å²) < 4.78 is 4.71. The molecule has 0 radical (unpaired) electrons. The maximum absolute atomic E-state index is 10.5. The Labute approximate surface area is 67.4 Å². The molecule has 66 valence electrons. The SMILES string of the molecule is CC(=O)CCCCCOCO. The van der Waals surface area contributed by atoms with Crippen molar-refractivity contribution in [2.24, 2.45) is 0 Å². The Kier molecular flexibility index (Phi) is 7.41. The molecule has 0 amide bonds. The van der Waals surface area contributed by atoms with Gasteiger partial charge in [0.05, 0.1) is 0 Å². The van der Waals surface area contributed by atoms with Gasteiger partial charge in [-0.15, -0.1) is 0 Å². The molecule has 0 aliphatic heterocycles. The zero-order chi connectivity index (χ0) is 8.53. The quantitative estimate of drug-likeness (QED) is 0.448. The molecule has 0 saturated carbocycles. The van der Waals surface area contributed by atoms with E-state index < -0.39 is 0 Å². The third-order valence-corrected chi connectivity index (χ3v) is 1.41. The largest absolute Gasteiger partial charge is 0.371 e. The Balaban J connectivity index is 2.85. The fraction of sp³-hybridized carbons (Fsp3) is 0.875. The number of rotatable bonds is 7. The van der Waals surface area contributed by atoms with E-state index in [-0.39, 0.29) is 12.6 Å². The molecule has 0 rings (SSSR count). The number of aliphatic hydroxyl groups excluding tert-OH is 1. The van der Waals surface area contributed by atoms with Crippen molar-refractivity contribution in [1.29, 1.82) is 0 Å². The van der Waals surface area contributed by atoms with E-state index in [2.05, 4.69) is 0 Å². The standard InChI is InChI=1S/C8H16O3/c1-8(10)5-3-2-4-6-11-7-9/h9H,2-7H2,1H3. The lowest BCUT2D eigenvalue weighted by atomic mass is 10.1. The molecule has 0 unspecified atom stereocenters. The number of ether oxygens (including phenoxy) is 1. The minimum Gasteiger partial charge on any atom is -0.371 e. The molecule has 0 fully saturated rings. The lowest BCUT2D eigenvalue weighted by molar-refractivity contribution is -0.117. The van der Waals surface area contributed by atoms with Crippen molar-refractivity contribution in [3.05, 3.63) is 0 Å². The van der Waals surface area contributed by atoms with E-state index >= 15 is 0 Å². The molecule has 0 aromatic heterocycles. The highest BCUT2D eigenvalue weighted by molar-refractivity contribution is 5.75. The number of carbonyl (C=O) groups excluding carboxylic acids is 1. The molecule has 0 bridgehead atoms. The zero-order valence-corrected chi connectivity index (χ0v) is 7.01. The molecule has 3 heteroatoms. The van der Waals surface area contributed by atoms with E-state index in [1.165, 1.54) is 0 Å². The van der Waals surface area contributed by atoms with Crippen LogP contribution in [0.25, 0.3) is 0 Å². The number of unbranched alkanes of at least 4 members (excludes halogenated alkanes) is 2. The molecular formula is C8H16O3. The number of carbonyl (C=O) groups is 1. The van der Waals surface area contributed by atoms with Crippen molar-refractivity contribution >= 4 is 5.78 Å². The van der Waals surface area contributed by atoms with Gasteiger partial charge < -0.3 is 14.6 Å². The van der Waals surface area contributed by atoms with Crippen LogP contribution >= 0.6 is 0 Å². The van der Waals surface area contributed by atoms with Crippen molar-refractivity contribution in [2.45, 2.75) is 32.6 Å². The summed E-state index contributed by atoms with van der Waals surface area (Å²) in [6, 6.07) is 0. The average molecular weight is 160 g/mol. The summed E-state index contributed by atoms with van der Waals surface area (Å²) in [4.78, 5) is 10.5. The second kappa shape index (κ2) is 7.69. The molecule has 0 aliphatic carbocycles. The minimum atomic E-state index is -0.202. The van der Waals surface area contributed by atoms with E-state index in [0.717, 1.165) is 19.3 Å². The molecule has 0 atom stereocenters. The molecule has 1 N–H and O–H groups in total. The van der Waals surface area contributed by atoms with Crippen LogP contribution in [0.15, 0.2) is 0 Å². The monoisotopic (exact) mass is 160 g/mol. The first-order valence-electron chi connectivity index (χ1n) is 3.95. The fourth-order valence-electron chi connectivity index (χ4n) is 0.819. The van der Waals surface area contributed by atoms with E-state index in [1.807, 2.05) is 0 Å². The highest BCUT2D eigenvalue weighted by Gasteiger charge is 1.93. The molecule has 0 aromatic carbocycles. The summed E-state index contributed by atoms with van der Waals surface area (Å²) in [7, 11) is 0. The van der Waals surface area contributed by atoms with E-state index in [0.29, 0.717) is 13.0 Å². The molecule has 0 aromatic rings. The van der Waals surface area contributed by atoms with Gasteiger partial charge in [0, 0.05) is 13.0 Å². The number of ketones is 1. The third-order valence-electron chi connectivity index (χ3n) is 1.41. The summed E-state index contributed by atoms with van der Waals surface area (Å²) in [6.45, 7) is 1.99. The predicted molar refractivity (Wildman–Crippen MR) is 42.2 cm³/mol. The Bertz CT molecular complexity index is 102. The van der Waals surface area contributed by atoms with Crippen molar-refractivity contribution in [1.82, 2.24) is 0 Å². The topological polar surface area (TPSA) is 46.5 Å². The first-order valence-corrected chi connectivity index (χ1v) is 3.95. The van der Waals surface area contributed by atoms with Crippen LogP contribution in [0.1, 0.15) is 32.6 Å². The van der Waals surface area contributed by atoms with E-state index in [1.54, 1.807) is 6.92 Å². The lowest BCUT2D eigenvalue weighted by Gasteiger charge is -1.98. The second-order valence-corrected chi connectivity index (χ2v) is 2.55. The van der Waals surface area contributed by atoms with Gasteiger partial charge in [-0.1, -0.05) is 6.42 Å². The number of hydrogen-bond donors (Lipinski definition) is 1. The van der Waals surface area contributed by atoms with Crippen LogP contribution in [0, 0.1) is 0 Å². The smallest absolute Gasteiger partial charge is 0.143 e. The van der Waals surface area contributed by atoms with Crippen LogP contribution < -0.4 is 0 Å². The maximum atomic E-state index is 10.5. The van der Waals surface area contributed by atoms with Gasteiger partial charge in [0.2, 0.25) is 0 Å². The molecule has 0 saturated heterocycles. The van der Waals surface area contributed by atoms with Gasteiger partial charge in [0.25, 0.3) is 0 Å². The van der Waals surface area contributed by atoms with Gasteiger partial charge >= 0.3 is 0 Å². The van der Waals surface area contributed by atoms with Crippen molar-refractivity contribution in [3.8, 4) is 0 Å². The molecule has 0 heterocycles. The van der Waals surface area contributed by atoms with Gasteiger partial charge in [-0.2, -0.15) is 0 Å². The zero-order valence-electron chi connectivity index (χ0n) is 7.01. The molecule has 0 aliphatic rings. The first kappa shape index (κ1) is 10.6. The Hall–Kier alpha value is -0.410. The van der Waals surface area contributed by atoms with Gasteiger partial charge in [-0.25, -0.2) is 0 Å². The highest BCUT2D eigenvalue weighted by Crippen LogP contribution is 2.00. The fourth-order valence-corrected chi connectivity index (χ4v) is 0.819. The van der Waals surface area contributed by atoms with Crippen molar-refractivity contribution < 1.29 is 14.6 Å². The van der Waals surface area contributed by atoms with Crippen molar-refractivity contribution in [3.63, 3.8) is 0 Å². The van der Waals surface area contributed by atoms with Crippen molar-refractivity contribution in [2.75, 3.05) is 13.4 Å². The minimum absolute atomic E-state index is 0.202. The van der Waals surface area contributed by atoms with Crippen LogP contribution in [0.5, 0.6) is 0 Å². The number of hydrogen-bond acceptors (Lipinski definition) is 3. The van der Waals surface area contributed by atoms with E-state index in [9.17, 15) is 4.79 Å². The Morgan fingerprint density at radius 1 is 1.36 bits per heavy atom.